The molecule has 3 heterocycles. The van der Waals surface area contributed by atoms with E-state index in [1.807, 2.05) is 73.9 Å². The van der Waals surface area contributed by atoms with Gasteiger partial charge in [0.1, 0.15) is 12.0 Å². The van der Waals surface area contributed by atoms with E-state index in [1.54, 1.807) is 0 Å². The van der Waals surface area contributed by atoms with E-state index in [0.717, 1.165) is 51.4 Å². The van der Waals surface area contributed by atoms with Crippen LogP contribution < -0.4 is 0 Å². The summed E-state index contributed by atoms with van der Waals surface area (Å²) in [7, 11) is 0. The average molecular weight is 434 g/mol. The Morgan fingerprint density at radius 2 is 2.06 bits per heavy atom. The topological polar surface area (TPSA) is 87.8 Å². The summed E-state index contributed by atoms with van der Waals surface area (Å²) in [6.45, 7) is 1.81. The number of aryl methyl sites for hydroxylation is 1. The fraction of sp³-hybridized carbons (Fsp3) is 0.111. The van der Waals surface area contributed by atoms with Gasteiger partial charge >= 0.3 is 0 Å². The van der Waals surface area contributed by atoms with E-state index < -0.39 is 0 Å². The van der Waals surface area contributed by atoms with E-state index in [9.17, 15) is 5.11 Å². The van der Waals surface area contributed by atoms with Gasteiger partial charge in [-0.25, -0.2) is 4.98 Å². The Kier molecular flexibility index (Phi) is 5.68. The number of nitrogens with zero attached hydrogens (tertiary/aromatic N) is 3. The highest BCUT2D eigenvalue weighted by Gasteiger charge is 2.17. The van der Waals surface area contributed by atoms with Gasteiger partial charge in [-0.15, -0.1) is 5.73 Å². The molecule has 0 atom stereocenters. The highest BCUT2D eigenvalue weighted by Crippen LogP contribution is 2.32. The van der Waals surface area contributed by atoms with Crippen LogP contribution in [-0.2, 0) is 6.61 Å². The number of fused-ring (bicyclic) bond motifs is 1. The zero-order valence-electron chi connectivity index (χ0n) is 18.1. The predicted octanol–water partition coefficient (Wildman–Crippen LogP) is 5.27. The highest BCUT2D eigenvalue weighted by molar-refractivity contribution is 5.86. The van der Waals surface area contributed by atoms with Crippen molar-refractivity contribution in [3.8, 4) is 11.4 Å². The van der Waals surface area contributed by atoms with Crippen LogP contribution in [0.4, 0.5) is 0 Å². The summed E-state index contributed by atoms with van der Waals surface area (Å²) in [5, 5.41) is 16.8. The Bertz CT molecular complexity index is 1420. The summed E-state index contributed by atoms with van der Waals surface area (Å²) >= 11 is 0. The summed E-state index contributed by atoms with van der Waals surface area (Å²) in [6.07, 6.45) is 20.3. The number of hydrogen-bond acceptors (Lipinski definition) is 5. The SMILES string of the molecule is Cc1cccc(-c2[nH]ncc2C2=C/C=C/C3=C(c4nc(CO)co4)/C=C\CC=C=C3C=C2)n1. The van der Waals surface area contributed by atoms with Gasteiger partial charge in [0.05, 0.1) is 24.2 Å². The molecule has 6 nitrogen and oxygen atoms in total. The molecule has 0 fully saturated rings. The van der Waals surface area contributed by atoms with Crippen LogP contribution in [0.5, 0.6) is 0 Å². The molecule has 162 valence electrons. The van der Waals surface area contributed by atoms with Crippen LogP contribution in [0.3, 0.4) is 0 Å². The molecule has 6 heteroatoms. The minimum absolute atomic E-state index is 0.164. The molecule has 3 aromatic rings. The number of aromatic nitrogens is 4. The second-order valence-electron chi connectivity index (χ2n) is 7.67. The zero-order valence-corrected chi connectivity index (χ0v) is 18.1. The molecule has 2 aliphatic rings. The molecule has 0 radical (unpaired) electrons. The predicted molar refractivity (Wildman–Crippen MR) is 128 cm³/mol. The van der Waals surface area contributed by atoms with Crippen LogP contribution in [0, 0.1) is 6.92 Å². The third-order valence-electron chi connectivity index (χ3n) is 5.38. The van der Waals surface area contributed by atoms with Gasteiger partial charge in [-0.05, 0) is 43.2 Å². The Balaban J connectivity index is 1.60. The third kappa shape index (κ3) is 4.26. The summed E-state index contributed by atoms with van der Waals surface area (Å²) in [6, 6.07) is 5.94. The normalized spacial score (nSPS) is 19.6. The number of aromatic amines is 1. The van der Waals surface area contributed by atoms with E-state index in [2.05, 4.69) is 32.0 Å². The van der Waals surface area contributed by atoms with Crippen LogP contribution >= 0.6 is 0 Å². The Labute approximate surface area is 191 Å². The van der Waals surface area contributed by atoms with Gasteiger partial charge in [0, 0.05) is 28.0 Å². The summed E-state index contributed by atoms with van der Waals surface area (Å²) in [5.41, 5.74) is 11.2. The second-order valence-corrected chi connectivity index (χ2v) is 7.67. The van der Waals surface area contributed by atoms with Crippen LogP contribution in [0.2, 0.25) is 0 Å². The molecular formula is C27H22N4O2. The number of allylic oxidation sites excluding steroid dienone is 11. The van der Waals surface area contributed by atoms with Crippen molar-refractivity contribution in [3.63, 3.8) is 0 Å². The van der Waals surface area contributed by atoms with E-state index in [4.69, 9.17) is 4.42 Å². The van der Waals surface area contributed by atoms with Gasteiger partial charge in [0.2, 0.25) is 5.89 Å². The van der Waals surface area contributed by atoms with Crippen molar-refractivity contribution in [2.45, 2.75) is 20.0 Å². The highest BCUT2D eigenvalue weighted by atomic mass is 16.3. The van der Waals surface area contributed by atoms with Crippen LogP contribution in [0.25, 0.3) is 22.5 Å². The van der Waals surface area contributed by atoms with Crippen molar-refractivity contribution in [2.24, 2.45) is 0 Å². The van der Waals surface area contributed by atoms with Crippen molar-refractivity contribution in [3.05, 3.63) is 119 Å². The molecule has 0 unspecified atom stereocenters. The lowest BCUT2D eigenvalue weighted by atomic mass is 9.93. The van der Waals surface area contributed by atoms with Crippen molar-refractivity contribution in [1.82, 2.24) is 20.2 Å². The molecule has 2 N–H and O–H groups in total. The van der Waals surface area contributed by atoms with E-state index in [-0.39, 0.29) is 6.61 Å². The van der Waals surface area contributed by atoms with Crippen molar-refractivity contribution < 1.29 is 9.52 Å². The summed E-state index contributed by atoms with van der Waals surface area (Å²) < 4.78 is 5.64. The lowest BCUT2D eigenvalue weighted by Gasteiger charge is -2.11. The standard InChI is InChI=1S/C27H22N4O2/c1-18-7-5-12-25(29-18)26-24(15-28-31-26)20-9-6-11-22-19(13-14-20)8-3-2-4-10-23(22)27-30-21(16-32)17-33-27/h3-7,9-15,17,32H,2,16H2,1H3,(H,28,31)/b10-4-,11-6+,14-13?,20-9?,23-22+. The minimum atomic E-state index is -0.164. The first-order valence-corrected chi connectivity index (χ1v) is 10.7. The molecule has 0 bridgehead atoms. The first kappa shape index (κ1) is 20.6. The van der Waals surface area contributed by atoms with Gasteiger partial charge in [-0.2, -0.15) is 5.10 Å². The number of rotatable bonds is 4. The van der Waals surface area contributed by atoms with Gasteiger partial charge in [0.25, 0.3) is 0 Å². The van der Waals surface area contributed by atoms with Gasteiger partial charge in [-0.1, -0.05) is 42.5 Å². The minimum Gasteiger partial charge on any atom is -0.444 e. The maximum absolute atomic E-state index is 9.38. The monoisotopic (exact) mass is 434 g/mol. The molecule has 0 saturated heterocycles. The molecule has 0 amide bonds. The molecule has 0 spiro atoms. The quantitative estimate of drug-likeness (QED) is 0.547. The molecule has 33 heavy (non-hydrogen) atoms. The number of oxazole rings is 1. The maximum Gasteiger partial charge on any atom is 0.226 e. The molecule has 2 aliphatic carbocycles. The third-order valence-corrected chi connectivity index (χ3v) is 5.38. The zero-order chi connectivity index (χ0) is 22.6. The van der Waals surface area contributed by atoms with E-state index >= 15 is 0 Å². The Morgan fingerprint density at radius 3 is 2.91 bits per heavy atom. The molecule has 0 aromatic carbocycles. The molecule has 3 aromatic heterocycles. The average Bonchev–Trinajstić information content (AvgIpc) is 3.47. The number of H-pyrrole nitrogens is 1. The molecule has 0 saturated carbocycles. The first-order valence-electron chi connectivity index (χ1n) is 10.7. The largest absolute Gasteiger partial charge is 0.444 e. The maximum atomic E-state index is 9.38. The fourth-order valence-corrected chi connectivity index (χ4v) is 3.78. The number of pyridine rings is 1. The van der Waals surface area contributed by atoms with E-state index in [1.165, 1.54) is 6.26 Å². The first-order chi connectivity index (χ1) is 16.2. The Hall–Kier alpha value is -4.25. The van der Waals surface area contributed by atoms with Crippen molar-refractivity contribution in [1.29, 1.82) is 0 Å². The Morgan fingerprint density at radius 1 is 1.12 bits per heavy atom. The molecule has 0 aliphatic heterocycles. The number of aliphatic hydroxyl groups is 1. The van der Waals surface area contributed by atoms with Crippen LogP contribution in [0.15, 0.2) is 101 Å². The van der Waals surface area contributed by atoms with Crippen molar-refractivity contribution >= 4 is 11.1 Å². The fourth-order valence-electron chi connectivity index (χ4n) is 3.78. The number of aliphatic hydroxyl groups excluding tert-OH is 1. The van der Waals surface area contributed by atoms with E-state index in [0.29, 0.717) is 11.6 Å². The second kappa shape index (κ2) is 9.09. The summed E-state index contributed by atoms with van der Waals surface area (Å²) in [4.78, 5) is 9.05. The lowest BCUT2D eigenvalue weighted by molar-refractivity contribution is 0.276. The van der Waals surface area contributed by atoms with Crippen LogP contribution in [-0.4, -0.2) is 25.3 Å². The van der Waals surface area contributed by atoms with Gasteiger partial charge < -0.3 is 9.52 Å². The smallest absolute Gasteiger partial charge is 0.226 e. The van der Waals surface area contributed by atoms with Crippen LogP contribution in [0.1, 0.15) is 29.3 Å². The summed E-state index contributed by atoms with van der Waals surface area (Å²) in [5.74, 6) is 0.469. The van der Waals surface area contributed by atoms with Crippen molar-refractivity contribution in [2.75, 3.05) is 0 Å². The molecule has 5 rings (SSSR count). The van der Waals surface area contributed by atoms with Gasteiger partial charge in [-0.3, -0.25) is 10.1 Å². The lowest BCUT2D eigenvalue weighted by Crippen LogP contribution is -1.95. The number of nitrogens with one attached hydrogen (secondary N) is 1. The molecular weight excluding hydrogens is 412 g/mol. The number of hydrogen-bond donors (Lipinski definition) is 2. The van der Waals surface area contributed by atoms with Gasteiger partial charge in [0.15, 0.2) is 0 Å².